The zero-order valence-corrected chi connectivity index (χ0v) is 19.6. The summed E-state index contributed by atoms with van der Waals surface area (Å²) in [5.41, 5.74) is 7.30. The number of primary amides is 1. The fourth-order valence-electron chi connectivity index (χ4n) is 2.33. The Morgan fingerprint density at radius 1 is 1.25 bits per heavy atom. The lowest BCUT2D eigenvalue weighted by Gasteiger charge is -2.11. The van der Waals surface area contributed by atoms with E-state index in [1.54, 1.807) is 11.3 Å². The number of carbonyl (C=O) groups is 1. The highest BCUT2D eigenvalue weighted by molar-refractivity contribution is 14.0. The Labute approximate surface area is 187 Å². The minimum atomic E-state index is -0.485. The molecule has 2 rings (SSSR count). The number of hydrogen-bond acceptors (Lipinski definition) is 5. The van der Waals surface area contributed by atoms with Crippen LogP contribution in [0.4, 0.5) is 0 Å². The monoisotopic (exact) mass is 517 g/mol. The van der Waals surface area contributed by atoms with Crippen molar-refractivity contribution in [1.29, 1.82) is 0 Å². The van der Waals surface area contributed by atoms with Crippen molar-refractivity contribution in [3.8, 4) is 5.75 Å². The highest BCUT2D eigenvalue weighted by Gasteiger charge is 2.04. The van der Waals surface area contributed by atoms with Crippen molar-refractivity contribution in [3.05, 3.63) is 45.4 Å². The number of aryl methyl sites for hydroxylation is 2. The minimum absolute atomic E-state index is 0. The molecule has 1 heterocycles. The van der Waals surface area contributed by atoms with Gasteiger partial charge in [0.1, 0.15) is 10.8 Å². The van der Waals surface area contributed by atoms with Gasteiger partial charge in [-0.3, -0.25) is 4.79 Å². The lowest BCUT2D eigenvalue weighted by Crippen LogP contribution is -2.38. The molecule has 1 amide bonds. The summed E-state index contributed by atoms with van der Waals surface area (Å²) in [5, 5.41) is 7.61. The average molecular weight is 517 g/mol. The molecule has 1 aromatic heterocycles. The average Bonchev–Trinajstić information content (AvgIpc) is 2.96. The number of aromatic nitrogens is 1. The molecule has 0 atom stereocenters. The highest BCUT2D eigenvalue weighted by Crippen LogP contribution is 2.17. The lowest BCUT2D eigenvalue weighted by molar-refractivity contribution is -0.119. The van der Waals surface area contributed by atoms with Gasteiger partial charge in [-0.2, -0.15) is 0 Å². The Morgan fingerprint density at radius 2 is 1.96 bits per heavy atom. The number of hydrogen-bond donors (Lipinski definition) is 3. The summed E-state index contributed by atoms with van der Waals surface area (Å²) in [6.45, 7) is 8.15. The van der Waals surface area contributed by atoms with Crippen molar-refractivity contribution in [1.82, 2.24) is 15.6 Å². The van der Waals surface area contributed by atoms with E-state index in [1.807, 2.05) is 38.1 Å². The lowest BCUT2D eigenvalue weighted by atomic mass is 10.1. The number of halogens is 1. The van der Waals surface area contributed by atoms with Crippen molar-refractivity contribution in [2.24, 2.45) is 10.7 Å². The molecule has 7 nitrogen and oxygen atoms in total. The summed E-state index contributed by atoms with van der Waals surface area (Å²) in [4.78, 5) is 21.1. The second-order valence-electron chi connectivity index (χ2n) is 6.02. The van der Waals surface area contributed by atoms with E-state index in [4.69, 9.17) is 10.5 Å². The van der Waals surface area contributed by atoms with Crippen LogP contribution in [0.3, 0.4) is 0 Å². The first kappa shape index (κ1) is 24.2. The number of guanidine groups is 1. The van der Waals surface area contributed by atoms with Gasteiger partial charge in [-0.25, -0.2) is 9.98 Å². The van der Waals surface area contributed by atoms with E-state index in [9.17, 15) is 4.79 Å². The van der Waals surface area contributed by atoms with Crippen LogP contribution in [0.25, 0.3) is 0 Å². The van der Waals surface area contributed by atoms with Gasteiger partial charge in [0.15, 0.2) is 12.6 Å². The molecule has 0 fully saturated rings. The minimum Gasteiger partial charge on any atom is -0.484 e. The van der Waals surface area contributed by atoms with Crippen LogP contribution in [0.2, 0.25) is 0 Å². The third-order valence-corrected chi connectivity index (χ3v) is 4.86. The van der Waals surface area contributed by atoms with Gasteiger partial charge in [0, 0.05) is 18.0 Å². The Hall–Kier alpha value is -1.88. The molecule has 1 aromatic carbocycles. The molecular formula is C19H28IN5O2S. The normalized spacial score (nSPS) is 10.9. The SMILES string of the molecule is CCNC(=NCc1nc(C)c(C)s1)NCCc1ccc(OCC(N)=O)cc1.I. The third-order valence-electron chi connectivity index (χ3n) is 3.80. The van der Waals surface area contributed by atoms with E-state index in [2.05, 4.69) is 27.5 Å². The van der Waals surface area contributed by atoms with E-state index in [0.29, 0.717) is 12.3 Å². The Balaban J connectivity index is 0.00000392. The van der Waals surface area contributed by atoms with Crippen molar-refractivity contribution >= 4 is 47.2 Å². The molecule has 9 heteroatoms. The standard InChI is InChI=1S/C19H27N5O2S.HI/c1-4-21-19(23-11-18-24-13(2)14(3)27-18)22-10-9-15-5-7-16(8-6-15)26-12-17(20)25;/h5-8H,4,9-12H2,1-3H3,(H2,20,25)(H2,21,22,23);1H. The molecule has 0 aliphatic heterocycles. The van der Waals surface area contributed by atoms with Crippen LogP contribution in [0.15, 0.2) is 29.3 Å². The van der Waals surface area contributed by atoms with E-state index in [-0.39, 0.29) is 30.6 Å². The molecule has 0 radical (unpaired) electrons. The molecule has 28 heavy (non-hydrogen) atoms. The largest absolute Gasteiger partial charge is 0.484 e. The fourth-order valence-corrected chi connectivity index (χ4v) is 3.19. The topological polar surface area (TPSA) is 102 Å². The third kappa shape index (κ3) is 8.42. The van der Waals surface area contributed by atoms with Crippen LogP contribution in [0.1, 0.15) is 28.1 Å². The van der Waals surface area contributed by atoms with Crippen LogP contribution in [-0.2, 0) is 17.8 Å². The van der Waals surface area contributed by atoms with Crippen LogP contribution in [-0.4, -0.2) is 36.5 Å². The number of rotatable bonds is 9. The Bertz CT molecular complexity index is 758. The molecule has 0 unspecified atom stereocenters. The molecule has 0 saturated carbocycles. The number of carbonyl (C=O) groups excluding carboxylic acids is 1. The van der Waals surface area contributed by atoms with Crippen LogP contribution < -0.4 is 21.1 Å². The second kappa shape index (κ2) is 12.6. The second-order valence-corrected chi connectivity index (χ2v) is 7.31. The molecular weight excluding hydrogens is 489 g/mol. The van der Waals surface area contributed by atoms with Crippen molar-refractivity contribution < 1.29 is 9.53 Å². The van der Waals surface area contributed by atoms with Gasteiger partial charge in [-0.15, -0.1) is 35.3 Å². The van der Waals surface area contributed by atoms with Gasteiger partial charge < -0.3 is 21.1 Å². The van der Waals surface area contributed by atoms with Gasteiger partial charge in [-0.1, -0.05) is 12.1 Å². The molecule has 154 valence electrons. The zero-order valence-electron chi connectivity index (χ0n) is 16.4. The van der Waals surface area contributed by atoms with E-state index in [1.165, 1.54) is 4.88 Å². The summed E-state index contributed by atoms with van der Waals surface area (Å²) < 4.78 is 5.26. The highest BCUT2D eigenvalue weighted by atomic mass is 127. The molecule has 4 N–H and O–H groups in total. The first-order valence-corrected chi connectivity index (χ1v) is 9.74. The van der Waals surface area contributed by atoms with Crippen molar-refractivity contribution in [3.63, 3.8) is 0 Å². The smallest absolute Gasteiger partial charge is 0.255 e. The first-order chi connectivity index (χ1) is 13.0. The van der Waals surface area contributed by atoms with Crippen LogP contribution in [0, 0.1) is 13.8 Å². The number of nitrogens with zero attached hydrogens (tertiary/aromatic N) is 2. The van der Waals surface area contributed by atoms with E-state index >= 15 is 0 Å². The summed E-state index contributed by atoms with van der Waals surface area (Å²) in [5.74, 6) is 0.931. The number of benzene rings is 1. The number of nitrogens with one attached hydrogen (secondary N) is 2. The predicted molar refractivity (Wildman–Crippen MR) is 125 cm³/mol. The zero-order chi connectivity index (χ0) is 19.6. The fraction of sp³-hybridized carbons (Fsp3) is 0.421. The van der Waals surface area contributed by atoms with Gasteiger partial charge in [-0.05, 0) is 44.9 Å². The van der Waals surface area contributed by atoms with E-state index < -0.39 is 5.91 Å². The number of thiazole rings is 1. The van der Waals surface area contributed by atoms with E-state index in [0.717, 1.165) is 41.7 Å². The van der Waals surface area contributed by atoms with Gasteiger partial charge in [0.25, 0.3) is 5.91 Å². The maximum Gasteiger partial charge on any atom is 0.255 e. The van der Waals surface area contributed by atoms with Gasteiger partial charge in [0.2, 0.25) is 0 Å². The summed E-state index contributed by atoms with van der Waals surface area (Å²) in [6, 6.07) is 7.63. The molecule has 0 bridgehead atoms. The number of nitrogens with two attached hydrogens (primary N) is 1. The maximum absolute atomic E-state index is 10.7. The molecule has 0 spiro atoms. The summed E-state index contributed by atoms with van der Waals surface area (Å²) >= 11 is 1.69. The summed E-state index contributed by atoms with van der Waals surface area (Å²) in [7, 11) is 0. The predicted octanol–water partition coefficient (Wildman–Crippen LogP) is 2.54. The quantitative estimate of drug-likeness (QED) is 0.270. The Morgan fingerprint density at radius 3 is 2.54 bits per heavy atom. The van der Waals surface area contributed by atoms with Crippen molar-refractivity contribution in [2.75, 3.05) is 19.7 Å². The maximum atomic E-state index is 10.7. The number of amides is 1. The first-order valence-electron chi connectivity index (χ1n) is 8.93. The molecule has 0 aliphatic carbocycles. The number of ether oxygens (including phenoxy) is 1. The van der Waals surface area contributed by atoms with Gasteiger partial charge in [0.05, 0.1) is 12.2 Å². The van der Waals surface area contributed by atoms with Crippen LogP contribution >= 0.6 is 35.3 Å². The molecule has 0 saturated heterocycles. The summed E-state index contributed by atoms with van der Waals surface area (Å²) in [6.07, 6.45) is 0.843. The van der Waals surface area contributed by atoms with Crippen LogP contribution in [0.5, 0.6) is 5.75 Å². The number of aliphatic imine (C=N–C) groups is 1. The van der Waals surface area contributed by atoms with Gasteiger partial charge >= 0.3 is 0 Å². The molecule has 2 aromatic rings. The van der Waals surface area contributed by atoms with Crippen molar-refractivity contribution in [2.45, 2.75) is 33.7 Å². The molecule has 0 aliphatic rings. The Kier molecular flexibility index (Phi) is 10.8.